The van der Waals surface area contributed by atoms with Crippen molar-refractivity contribution in [2.75, 3.05) is 25.7 Å². The summed E-state index contributed by atoms with van der Waals surface area (Å²) in [5.74, 6) is 0.958. The molecule has 1 amide bonds. The summed E-state index contributed by atoms with van der Waals surface area (Å²) in [6, 6.07) is 9.96. The van der Waals surface area contributed by atoms with Crippen LogP contribution in [0.2, 0.25) is 0 Å². The average molecular weight is 354 g/mol. The van der Waals surface area contributed by atoms with Crippen molar-refractivity contribution in [3.8, 4) is 11.5 Å². The van der Waals surface area contributed by atoms with Crippen LogP contribution in [0.3, 0.4) is 0 Å². The molecular weight excluding hydrogens is 336 g/mol. The summed E-state index contributed by atoms with van der Waals surface area (Å²) in [6.07, 6.45) is 3.82. The van der Waals surface area contributed by atoms with Gasteiger partial charge in [-0.3, -0.25) is 14.9 Å². The number of ether oxygens (including phenoxy) is 2. The number of fused-ring (bicyclic) bond motifs is 1. The van der Waals surface area contributed by atoms with E-state index < -0.39 is 4.92 Å². The molecule has 0 radical (unpaired) electrons. The van der Waals surface area contributed by atoms with Crippen molar-refractivity contribution in [3.63, 3.8) is 0 Å². The van der Waals surface area contributed by atoms with Crippen molar-refractivity contribution >= 4 is 23.4 Å². The number of rotatable bonds is 5. The molecule has 134 valence electrons. The predicted molar refractivity (Wildman–Crippen MR) is 97.7 cm³/mol. The fourth-order valence-corrected chi connectivity index (χ4v) is 2.92. The zero-order chi connectivity index (χ0) is 18.7. The van der Waals surface area contributed by atoms with Crippen LogP contribution in [0, 0.1) is 10.1 Å². The smallest absolute Gasteiger partial charge is 0.271 e. The summed E-state index contributed by atoms with van der Waals surface area (Å²) in [6.45, 7) is 0.506. The molecule has 26 heavy (non-hydrogen) atoms. The average Bonchev–Trinajstić information content (AvgIpc) is 3.09. The molecule has 1 heterocycles. The number of hydrogen-bond acceptors (Lipinski definition) is 5. The number of anilines is 1. The Morgan fingerprint density at radius 3 is 2.62 bits per heavy atom. The molecule has 0 fully saturated rings. The Labute approximate surface area is 150 Å². The molecule has 0 N–H and O–H groups in total. The second kappa shape index (κ2) is 7.26. The van der Waals surface area contributed by atoms with Crippen molar-refractivity contribution < 1.29 is 19.2 Å². The number of hydrogen-bond donors (Lipinski definition) is 0. The molecule has 7 heteroatoms. The standard InChI is InChI=1S/C19H18N2O5/c1-25-17-7-3-13(11-18(17)26-2)4-8-19(22)20-10-9-14-5-6-15(21(23)24)12-16(14)20/h3-8,11-12H,9-10H2,1-2H3/b8-4+. The monoisotopic (exact) mass is 354 g/mol. The van der Waals surface area contributed by atoms with Crippen molar-refractivity contribution in [1.82, 2.24) is 0 Å². The van der Waals surface area contributed by atoms with Gasteiger partial charge in [-0.05, 0) is 35.8 Å². The van der Waals surface area contributed by atoms with Crippen LogP contribution in [0.1, 0.15) is 11.1 Å². The second-order valence-electron chi connectivity index (χ2n) is 5.76. The van der Waals surface area contributed by atoms with Crippen LogP contribution in [-0.4, -0.2) is 31.6 Å². The highest BCUT2D eigenvalue weighted by molar-refractivity contribution is 6.05. The first kappa shape index (κ1) is 17.5. The number of nitro groups is 1. The first-order valence-electron chi connectivity index (χ1n) is 8.02. The van der Waals surface area contributed by atoms with Gasteiger partial charge in [0.15, 0.2) is 11.5 Å². The number of carbonyl (C=O) groups is 1. The van der Waals surface area contributed by atoms with Gasteiger partial charge in [0.1, 0.15) is 0 Å². The van der Waals surface area contributed by atoms with Gasteiger partial charge in [0.05, 0.1) is 24.8 Å². The Balaban J connectivity index is 1.81. The number of carbonyl (C=O) groups excluding carboxylic acids is 1. The van der Waals surface area contributed by atoms with E-state index in [4.69, 9.17) is 9.47 Å². The van der Waals surface area contributed by atoms with Gasteiger partial charge in [0.25, 0.3) is 11.6 Å². The number of nitro benzene ring substituents is 1. The van der Waals surface area contributed by atoms with Gasteiger partial charge in [-0.2, -0.15) is 0 Å². The summed E-state index contributed by atoms with van der Waals surface area (Å²) in [4.78, 5) is 24.6. The van der Waals surface area contributed by atoms with Crippen LogP contribution < -0.4 is 14.4 Å². The zero-order valence-corrected chi connectivity index (χ0v) is 14.5. The molecule has 7 nitrogen and oxygen atoms in total. The molecule has 3 rings (SSSR count). The molecule has 1 aliphatic heterocycles. The van der Waals surface area contributed by atoms with E-state index in [1.54, 1.807) is 43.4 Å². The third-order valence-corrected chi connectivity index (χ3v) is 4.27. The second-order valence-corrected chi connectivity index (χ2v) is 5.76. The van der Waals surface area contributed by atoms with Crippen molar-refractivity contribution in [3.05, 3.63) is 63.7 Å². The molecule has 0 aromatic heterocycles. The SMILES string of the molecule is COc1ccc(/C=C/C(=O)N2CCc3ccc([N+](=O)[O-])cc32)cc1OC. The lowest BCUT2D eigenvalue weighted by molar-refractivity contribution is -0.384. The lowest BCUT2D eigenvalue weighted by Crippen LogP contribution is -2.26. The van der Waals surface area contributed by atoms with Gasteiger partial charge in [-0.25, -0.2) is 0 Å². The Hall–Kier alpha value is -3.35. The highest BCUT2D eigenvalue weighted by Gasteiger charge is 2.25. The molecule has 0 aliphatic carbocycles. The Bertz CT molecular complexity index is 891. The van der Waals surface area contributed by atoms with Crippen LogP contribution in [0.15, 0.2) is 42.5 Å². The summed E-state index contributed by atoms with van der Waals surface area (Å²) in [7, 11) is 3.10. The Kier molecular flexibility index (Phi) is 4.88. The topological polar surface area (TPSA) is 81.9 Å². The van der Waals surface area contributed by atoms with Crippen LogP contribution in [-0.2, 0) is 11.2 Å². The van der Waals surface area contributed by atoms with Gasteiger partial charge in [0.2, 0.25) is 0 Å². The molecule has 2 aromatic rings. The summed E-state index contributed by atoms with van der Waals surface area (Å²) in [5.41, 5.74) is 2.30. The molecule has 0 bridgehead atoms. The number of nitrogens with zero attached hydrogens (tertiary/aromatic N) is 2. The predicted octanol–water partition coefficient (Wildman–Crippen LogP) is 3.21. The van der Waals surface area contributed by atoms with Crippen LogP contribution in [0.5, 0.6) is 11.5 Å². The third kappa shape index (κ3) is 3.37. The molecule has 1 aliphatic rings. The maximum Gasteiger partial charge on any atom is 0.271 e. The van der Waals surface area contributed by atoms with E-state index in [1.165, 1.54) is 18.2 Å². The molecule has 0 atom stereocenters. The van der Waals surface area contributed by atoms with Gasteiger partial charge < -0.3 is 14.4 Å². The largest absolute Gasteiger partial charge is 0.493 e. The summed E-state index contributed by atoms with van der Waals surface area (Å²) in [5, 5.41) is 11.0. The minimum atomic E-state index is -0.458. The van der Waals surface area contributed by atoms with E-state index in [-0.39, 0.29) is 11.6 Å². The maximum atomic E-state index is 12.6. The lowest BCUT2D eigenvalue weighted by atomic mass is 10.1. The van der Waals surface area contributed by atoms with E-state index in [0.29, 0.717) is 30.2 Å². The normalized spacial score (nSPS) is 12.9. The van der Waals surface area contributed by atoms with Crippen molar-refractivity contribution in [1.29, 1.82) is 0 Å². The van der Waals surface area contributed by atoms with E-state index in [2.05, 4.69) is 0 Å². The first-order valence-corrected chi connectivity index (χ1v) is 8.02. The molecule has 2 aromatic carbocycles. The molecule has 0 saturated heterocycles. The fraction of sp³-hybridized carbons (Fsp3) is 0.211. The highest BCUT2D eigenvalue weighted by Crippen LogP contribution is 2.32. The van der Waals surface area contributed by atoms with Gasteiger partial charge in [-0.1, -0.05) is 12.1 Å². The summed E-state index contributed by atoms with van der Waals surface area (Å²) >= 11 is 0. The summed E-state index contributed by atoms with van der Waals surface area (Å²) < 4.78 is 10.4. The number of amides is 1. The van der Waals surface area contributed by atoms with Crippen LogP contribution >= 0.6 is 0 Å². The van der Waals surface area contributed by atoms with Gasteiger partial charge >= 0.3 is 0 Å². The van der Waals surface area contributed by atoms with E-state index in [9.17, 15) is 14.9 Å². The minimum absolute atomic E-state index is 0.0210. The van der Waals surface area contributed by atoms with Gasteiger partial charge in [-0.15, -0.1) is 0 Å². The third-order valence-electron chi connectivity index (χ3n) is 4.27. The Morgan fingerprint density at radius 2 is 1.92 bits per heavy atom. The van der Waals surface area contributed by atoms with Crippen LogP contribution in [0.4, 0.5) is 11.4 Å². The lowest BCUT2D eigenvalue weighted by Gasteiger charge is -2.14. The van der Waals surface area contributed by atoms with E-state index >= 15 is 0 Å². The van der Waals surface area contributed by atoms with Crippen LogP contribution in [0.25, 0.3) is 6.08 Å². The van der Waals surface area contributed by atoms with E-state index in [1.807, 2.05) is 6.07 Å². The Morgan fingerprint density at radius 1 is 1.15 bits per heavy atom. The van der Waals surface area contributed by atoms with Gasteiger partial charge in [0, 0.05) is 24.8 Å². The van der Waals surface area contributed by atoms with Crippen molar-refractivity contribution in [2.45, 2.75) is 6.42 Å². The van der Waals surface area contributed by atoms with E-state index in [0.717, 1.165) is 11.1 Å². The molecule has 0 unspecified atom stereocenters. The first-order chi connectivity index (χ1) is 12.5. The van der Waals surface area contributed by atoms with Crippen molar-refractivity contribution in [2.24, 2.45) is 0 Å². The molecule has 0 spiro atoms. The maximum absolute atomic E-state index is 12.6. The number of methoxy groups -OCH3 is 2. The fourth-order valence-electron chi connectivity index (χ4n) is 2.92. The number of non-ortho nitro benzene ring substituents is 1. The zero-order valence-electron chi connectivity index (χ0n) is 14.5. The molecule has 0 saturated carbocycles. The minimum Gasteiger partial charge on any atom is -0.493 e. The quantitative estimate of drug-likeness (QED) is 0.468. The number of benzene rings is 2. The molecular formula is C19H18N2O5. The highest BCUT2D eigenvalue weighted by atomic mass is 16.6.